The maximum absolute atomic E-state index is 13.6. The lowest BCUT2D eigenvalue weighted by molar-refractivity contribution is 0.0802. The first-order valence-electron chi connectivity index (χ1n) is 5.95. The van der Waals surface area contributed by atoms with Gasteiger partial charge in [-0.25, -0.2) is 9.18 Å². The van der Waals surface area contributed by atoms with Crippen molar-refractivity contribution in [2.75, 3.05) is 12.3 Å². The van der Waals surface area contributed by atoms with Crippen LogP contribution in [0, 0.1) is 18.7 Å². The van der Waals surface area contributed by atoms with Gasteiger partial charge in [0.2, 0.25) is 0 Å². The topological polar surface area (TPSA) is 95.4 Å². The molecule has 1 amide bonds. The lowest BCUT2D eigenvalue weighted by Crippen LogP contribution is -2.30. The van der Waals surface area contributed by atoms with Gasteiger partial charge in [-0.2, -0.15) is 0 Å². The average molecular weight is 266 g/mol. The maximum atomic E-state index is 13.6. The van der Waals surface area contributed by atoms with E-state index in [4.69, 9.17) is 11.5 Å². The van der Waals surface area contributed by atoms with Crippen LogP contribution in [0.4, 0.5) is 14.9 Å². The predicted octanol–water partition coefficient (Wildman–Crippen LogP) is 1.56. The molecule has 0 saturated heterocycles. The van der Waals surface area contributed by atoms with E-state index in [9.17, 15) is 14.0 Å². The number of carbonyl (C=O) groups excluding carboxylic acids is 2. The minimum absolute atomic E-state index is 0.0660. The van der Waals surface area contributed by atoms with Gasteiger partial charge in [0.15, 0.2) is 5.78 Å². The molecule has 1 atom stereocenters. The third-order valence-electron chi connectivity index (χ3n) is 3.47. The third kappa shape index (κ3) is 2.38. The molecule has 0 aliphatic heterocycles. The Morgan fingerprint density at radius 2 is 2.26 bits per heavy atom. The first-order valence-corrected chi connectivity index (χ1v) is 5.95. The van der Waals surface area contributed by atoms with Gasteiger partial charge in [0.05, 0.1) is 5.92 Å². The van der Waals surface area contributed by atoms with E-state index in [1.807, 2.05) is 0 Å². The second-order valence-electron chi connectivity index (χ2n) is 4.66. The summed E-state index contributed by atoms with van der Waals surface area (Å²) in [5.74, 6) is -1.09. The minimum atomic E-state index is -0.915. The number of anilines is 1. The van der Waals surface area contributed by atoms with E-state index in [1.54, 1.807) is 6.92 Å². The first-order chi connectivity index (χ1) is 8.91. The van der Waals surface area contributed by atoms with Crippen molar-refractivity contribution in [3.63, 3.8) is 0 Å². The van der Waals surface area contributed by atoms with Gasteiger partial charge in [-0.05, 0) is 37.0 Å². The summed E-state index contributed by atoms with van der Waals surface area (Å²) >= 11 is 0. The molecule has 0 spiro atoms. The molecule has 0 bridgehead atoms. The molecule has 0 aromatic heterocycles. The SMILES string of the molecule is Cc1c(F)cc(N)c2c1CCC(COC(N)=O)C2=O. The molecule has 1 aromatic rings. The second-order valence-corrected chi connectivity index (χ2v) is 4.66. The Morgan fingerprint density at radius 1 is 1.58 bits per heavy atom. The van der Waals surface area contributed by atoms with E-state index in [-0.39, 0.29) is 18.1 Å². The highest BCUT2D eigenvalue weighted by Gasteiger charge is 2.31. The van der Waals surface area contributed by atoms with Crippen molar-refractivity contribution in [3.05, 3.63) is 28.6 Å². The molecule has 0 saturated carbocycles. The molecular weight excluding hydrogens is 251 g/mol. The van der Waals surface area contributed by atoms with Crippen LogP contribution in [0.25, 0.3) is 0 Å². The van der Waals surface area contributed by atoms with Crippen molar-refractivity contribution < 1.29 is 18.7 Å². The number of nitrogens with two attached hydrogens (primary N) is 2. The van der Waals surface area contributed by atoms with E-state index in [2.05, 4.69) is 4.74 Å². The lowest BCUT2D eigenvalue weighted by Gasteiger charge is -2.25. The van der Waals surface area contributed by atoms with Crippen LogP contribution in [0.1, 0.15) is 27.9 Å². The maximum Gasteiger partial charge on any atom is 0.404 e. The number of halogens is 1. The first kappa shape index (κ1) is 13.3. The molecule has 0 radical (unpaired) electrons. The highest BCUT2D eigenvalue weighted by Crippen LogP contribution is 2.33. The smallest absolute Gasteiger partial charge is 0.404 e. The van der Waals surface area contributed by atoms with Gasteiger partial charge in [0.1, 0.15) is 12.4 Å². The van der Waals surface area contributed by atoms with E-state index >= 15 is 0 Å². The Hall–Kier alpha value is -2.11. The number of nitrogen functional groups attached to an aromatic ring is 1. The minimum Gasteiger partial charge on any atom is -0.449 e. The van der Waals surface area contributed by atoms with Crippen molar-refractivity contribution in [2.45, 2.75) is 19.8 Å². The number of primary amides is 1. The van der Waals surface area contributed by atoms with Gasteiger partial charge >= 0.3 is 6.09 Å². The Balaban J connectivity index is 2.33. The number of carbonyl (C=O) groups is 2. The number of hydrogen-bond donors (Lipinski definition) is 2. The Bertz CT molecular complexity index is 557. The van der Waals surface area contributed by atoms with E-state index < -0.39 is 17.8 Å². The van der Waals surface area contributed by atoms with Crippen LogP contribution in [0.15, 0.2) is 6.07 Å². The number of benzene rings is 1. The fraction of sp³-hybridized carbons (Fsp3) is 0.385. The molecular formula is C13H15FN2O3. The number of Topliss-reactive ketones (excluding diaryl/α,β-unsaturated/α-hetero) is 1. The highest BCUT2D eigenvalue weighted by molar-refractivity contribution is 6.05. The molecule has 1 unspecified atom stereocenters. The summed E-state index contributed by atoms with van der Waals surface area (Å²) in [5, 5.41) is 0. The zero-order chi connectivity index (χ0) is 14.2. The van der Waals surface area contributed by atoms with Crippen LogP contribution in [-0.2, 0) is 11.2 Å². The molecule has 19 heavy (non-hydrogen) atoms. The number of ether oxygens (including phenoxy) is 1. The molecule has 1 aromatic carbocycles. The zero-order valence-corrected chi connectivity index (χ0v) is 10.5. The molecule has 1 aliphatic rings. The summed E-state index contributed by atoms with van der Waals surface area (Å²) in [7, 11) is 0. The summed E-state index contributed by atoms with van der Waals surface area (Å²) in [4.78, 5) is 22.9. The van der Waals surface area contributed by atoms with Gasteiger partial charge in [0.25, 0.3) is 0 Å². The average Bonchev–Trinajstić information content (AvgIpc) is 2.34. The normalized spacial score (nSPS) is 18.0. The van der Waals surface area contributed by atoms with Crippen molar-refractivity contribution in [1.29, 1.82) is 0 Å². The second kappa shape index (κ2) is 4.87. The molecule has 5 nitrogen and oxygen atoms in total. The fourth-order valence-electron chi connectivity index (χ4n) is 2.42. The molecule has 6 heteroatoms. The van der Waals surface area contributed by atoms with Gasteiger partial charge in [-0.3, -0.25) is 4.79 Å². The standard InChI is InChI=1S/C13H15FN2O3/c1-6-8-3-2-7(5-19-13(16)18)12(17)11(8)10(15)4-9(6)14/h4,7H,2-3,5,15H2,1H3,(H2,16,18). The van der Waals surface area contributed by atoms with Crippen LogP contribution in [0.3, 0.4) is 0 Å². The molecule has 4 N–H and O–H groups in total. The van der Waals surface area contributed by atoms with Gasteiger partial charge in [-0.1, -0.05) is 0 Å². The van der Waals surface area contributed by atoms with Crippen molar-refractivity contribution in [3.8, 4) is 0 Å². The van der Waals surface area contributed by atoms with Crippen molar-refractivity contribution >= 4 is 17.6 Å². The number of ketones is 1. The molecule has 2 rings (SSSR count). The fourth-order valence-corrected chi connectivity index (χ4v) is 2.42. The largest absolute Gasteiger partial charge is 0.449 e. The number of fused-ring (bicyclic) bond motifs is 1. The Morgan fingerprint density at radius 3 is 2.89 bits per heavy atom. The third-order valence-corrected chi connectivity index (χ3v) is 3.47. The summed E-state index contributed by atoms with van der Waals surface area (Å²) < 4.78 is 18.2. The predicted molar refractivity (Wildman–Crippen MR) is 67.2 cm³/mol. The summed E-state index contributed by atoms with van der Waals surface area (Å²) in [6, 6.07) is 1.16. The van der Waals surface area contributed by atoms with Crippen LogP contribution < -0.4 is 11.5 Å². The molecule has 0 fully saturated rings. The van der Waals surface area contributed by atoms with E-state index in [0.29, 0.717) is 29.5 Å². The monoisotopic (exact) mass is 266 g/mol. The summed E-state index contributed by atoms with van der Waals surface area (Å²) in [6.07, 6.45) is 0.103. The van der Waals surface area contributed by atoms with Gasteiger partial charge in [-0.15, -0.1) is 0 Å². The highest BCUT2D eigenvalue weighted by atomic mass is 19.1. The van der Waals surface area contributed by atoms with Crippen LogP contribution in [-0.4, -0.2) is 18.5 Å². The number of hydrogen-bond acceptors (Lipinski definition) is 4. The van der Waals surface area contributed by atoms with Crippen LogP contribution >= 0.6 is 0 Å². The number of amides is 1. The Kier molecular flexibility index (Phi) is 3.42. The van der Waals surface area contributed by atoms with E-state index in [1.165, 1.54) is 0 Å². The summed E-state index contributed by atoms with van der Waals surface area (Å²) in [6.45, 7) is 1.56. The van der Waals surface area contributed by atoms with Crippen LogP contribution in [0.5, 0.6) is 0 Å². The van der Waals surface area contributed by atoms with Crippen LogP contribution in [0.2, 0.25) is 0 Å². The Labute approximate surface area is 109 Å². The molecule has 1 aliphatic carbocycles. The number of rotatable bonds is 2. The zero-order valence-electron chi connectivity index (χ0n) is 10.5. The van der Waals surface area contributed by atoms with Crippen molar-refractivity contribution in [1.82, 2.24) is 0 Å². The molecule has 102 valence electrons. The van der Waals surface area contributed by atoms with Crippen molar-refractivity contribution in [2.24, 2.45) is 11.7 Å². The quantitative estimate of drug-likeness (QED) is 0.794. The van der Waals surface area contributed by atoms with E-state index in [0.717, 1.165) is 6.07 Å². The van der Waals surface area contributed by atoms with Gasteiger partial charge < -0.3 is 16.2 Å². The lowest BCUT2D eigenvalue weighted by atomic mass is 9.80. The van der Waals surface area contributed by atoms with Gasteiger partial charge in [0, 0.05) is 11.3 Å². The summed E-state index contributed by atoms with van der Waals surface area (Å²) in [5.41, 5.74) is 12.2. The molecule has 0 heterocycles.